The summed E-state index contributed by atoms with van der Waals surface area (Å²) in [6.45, 7) is 3.40. The summed E-state index contributed by atoms with van der Waals surface area (Å²) >= 11 is 0. The van der Waals surface area contributed by atoms with Crippen LogP contribution in [-0.2, 0) is 16.1 Å². The van der Waals surface area contributed by atoms with Crippen LogP contribution in [0.2, 0.25) is 0 Å². The molecule has 3 N–H and O–H groups in total. The smallest absolute Gasteiger partial charge is 0.204 e. The third-order valence-corrected chi connectivity index (χ3v) is 7.78. The lowest BCUT2D eigenvalue weighted by Crippen LogP contribution is -2.39. The molecule has 0 radical (unpaired) electrons. The van der Waals surface area contributed by atoms with Gasteiger partial charge in [0.15, 0.2) is 0 Å². The summed E-state index contributed by atoms with van der Waals surface area (Å²) < 4.78 is 0. The molecule has 2 aromatic carbocycles. The van der Waals surface area contributed by atoms with Gasteiger partial charge in [0.25, 0.3) is 0 Å². The minimum atomic E-state index is 0.250. The van der Waals surface area contributed by atoms with Crippen molar-refractivity contribution in [1.82, 2.24) is 5.32 Å². The van der Waals surface area contributed by atoms with Crippen LogP contribution >= 0.6 is 0 Å². The van der Waals surface area contributed by atoms with Gasteiger partial charge in [0.2, 0.25) is 6.41 Å². The van der Waals surface area contributed by atoms with Crippen LogP contribution in [0, 0.1) is 11.3 Å². The topological polar surface area (TPSA) is 75.4 Å². The van der Waals surface area contributed by atoms with Gasteiger partial charge in [-0.15, -0.1) is 0 Å². The van der Waals surface area contributed by atoms with Crippen molar-refractivity contribution in [3.63, 3.8) is 0 Å². The first-order valence-electron chi connectivity index (χ1n) is 13.0. The van der Waals surface area contributed by atoms with Gasteiger partial charge < -0.3 is 20.7 Å². The van der Waals surface area contributed by atoms with Gasteiger partial charge in [0.1, 0.15) is 6.29 Å². The quantitative estimate of drug-likeness (QED) is 0.580. The summed E-state index contributed by atoms with van der Waals surface area (Å²) in [7, 11) is 2.15. The van der Waals surface area contributed by atoms with Crippen molar-refractivity contribution in [2.45, 2.75) is 57.9 Å². The summed E-state index contributed by atoms with van der Waals surface area (Å²) in [4.78, 5) is 21.2. The van der Waals surface area contributed by atoms with Crippen LogP contribution in [0.3, 0.4) is 0 Å². The number of hydrogen-bond acceptors (Lipinski definition) is 4. The number of nitrogens with zero attached hydrogens (tertiary/aromatic N) is 1. The predicted octanol–water partition coefficient (Wildman–Crippen LogP) is 5.43. The molecule has 0 unspecified atom stereocenters. The van der Waals surface area contributed by atoms with Crippen LogP contribution < -0.4 is 16.0 Å². The monoisotopic (exact) mass is 475 g/mol. The second-order valence-electron chi connectivity index (χ2n) is 10.0. The fourth-order valence-corrected chi connectivity index (χ4v) is 5.68. The van der Waals surface area contributed by atoms with Gasteiger partial charge in [0, 0.05) is 25.7 Å². The molecular formula is C30H41N3O2. The van der Waals surface area contributed by atoms with Crippen molar-refractivity contribution in [2.24, 2.45) is 17.1 Å². The van der Waals surface area contributed by atoms with E-state index < -0.39 is 0 Å². The van der Waals surface area contributed by atoms with Crippen LogP contribution in [0.15, 0.2) is 48.5 Å². The molecule has 1 saturated carbocycles. The molecule has 188 valence electrons. The third-order valence-electron chi connectivity index (χ3n) is 7.78. The fraction of sp³-hybridized carbons (Fsp3) is 0.467. The molecule has 0 aromatic heterocycles. The highest BCUT2D eigenvalue weighted by Crippen LogP contribution is 2.45. The maximum absolute atomic E-state index is 10.3. The molecule has 5 nitrogen and oxygen atoms in total. The second kappa shape index (κ2) is 13.8. The number of fused-ring (bicyclic) bond motifs is 2. The first-order chi connectivity index (χ1) is 17.1. The van der Waals surface area contributed by atoms with Crippen LogP contribution in [0.5, 0.6) is 0 Å². The standard InChI is InChI=1S/C16H15N.C13H23NO.CH3NO/c1-17-12-15-8-3-2-6-13(15)10-11-14-7-4-5-9-16(14)17;15-11-1-2-12-3-5-13(6-4-12)7-9-14-10-8-13;2-1-3/h2-11H,12H2,1H3;11-12,14H,1-10H2;1H,(H2,2,3)/b11-10-;;. The predicted molar refractivity (Wildman–Crippen MR) is 146 cm³/mol. The molecule has 0 bridgehead atoms. The number of rotatable bonds is 3. The molecule has 0 atom stereocenters. The molecule has 3 aliphatic rings. The van der Waals surface area contributed by atoms with Gasteiger partial charge in [-0.3, -0.25) is 4.79 Å². The van der Waals surface area contributed by atoms with E-state index in [0.29, 0.717) is 5.41 Å². The van der Waals surface area contributed by atoms with Gasteiger partial charge in [-0.25, -0.2) is 0 Å². The summed E-state index contributed by atoms with van der Waals surface area (Å²) in [6.07, 6.45) is 16.0. The van der Waals surface area contributed by atoms with E-state index in [9.17, 15) is 4.79 Å². The highest BCUT2D eigenvalue weighted by Gasteiger charge is 2.35. The Morgan fingerprint density at radius 1 is 0.943 bits per heavy atom. The molecule has 1 spiro atoms. The molecule has 1 amide bonds. The van der Waals surface area contributed by atoms with E-state index in [1.165, 1.54) is 74.0 Å². The van der Waals surface area contributed by atoms with Crippen molar-refractivity contribution in [3.8, 4) is 0 Å². The fourth-order valence-electron chi connectivity index (χ4n) is 5.68. The highest BCUT2D eigenvalue weighted by molar-refractivity contribution is 5.79. The lowest BCUT2D eigenvalue weighted by atomic mass is 9.65. The Hall–Kier alpha value is -2.92. The van der Waals surface area contributed by atoms with Crippen LogP contribution in [0.25, 0.3) is 12.2 Å². The number of nitrogens with one attached hydrogen (secondary N) is 1. The molecule has 5 heteroatoms. The second-order valence-corrected chi connectivity index (χ2v) is 10.0. The number of hydrogen-bond donors (Lipinski definition) is 2. The molecule has 1 aliphatic carbocycles. The number of anilines is 1. The van der Waals surface area contributed by atoms with E-state index in [2.05, 4.69) is 83.7 Å². The van der Waals surface area contributed by atoms with Gasteiger partial charge in [0.05, 0.1) is 0 Å². The zero-order chi connectivity index (χ0) is 24.9. The number of nitrogens with two attached hydrogens (primary N) is 1. The SMILES string of the molecule is CN1Cc2ccccc2/C=C\c2ccccc21.NC=O.O=CCCC1CCC2(CCNCC2)CC1. The van der Waals surface area contributed by atoms with E-state index >= 15 is 0 Å². The van der Waals surface area contributed by atoms with Crippen molar-refractivity contribution in [1.29, 1.82) is 0 Å². The largest absolute Gasteiger partial charge is 0.372 e. The van der Waals surface area contributed by atoms with Gasteiger partial charge in [-0.05, 0) is 92.1 Å². The number of aldehydes is 1. The maximum atomic E-state index is 10.3. The molecule has 2 heterocycles. The number of carbonyl (C=O) groups is 2. The lowest BCUT2D eigenvalue weighted by molar-refractivity contribution is -0.108. The molecule has 2 aliphatic heterocycles. The minimum Gasteiger partial charge on any atom is -0.372 e. The number of benzene rings is 2. The highest BCUT2D eigenvalue weighted by atomic mass is 16.1. The zero-order valence-electron chi connectivity index (χ0n) is 21.1. The van der Waals surface area contributed by atoms with Crippen molar-refractivity contribution in [2.75, 3.05) is 25.0 Å². The number of para-hydroxylation sites is 1. The minimum absolute atomic E-state index is 0.250. The number of amides is 1. The molecule has 2 fully saturated rings. The van der Waals surface area contributed by atoms with Crippen molar-refractivity contribution < 1.29 is 9.59 Å². The van der Waals surface area contributed by atoms with E-state index in [1.807, 2.05) is 0 Å². The first kappa shape index (κ1) is 26.7. The van der Waals surface area contributed by atoms with Crippen molar-refractivity contribution in [3.05, 3.63) is 65.2 Å². The molecule has 1 saturated heterocycles. The number of carbonyl (C=O) groups excluding carboxylic acids is 2. The maximum Gasteiger partial charge on any atom is 0.204 e. The number of primary amides is 1. The van der Waals surface area contributed by atoms with E-state index in [4.69, 9.17) is 4.79 Å². The average Bonchev–Trinajstić information content (AvgIpc) is 2.88. The van der Waals surface area contributed by atoms with Crippen LogP contribution in [-0.4, -0.2) is 32.8 Å². The summed E-state index contributed by atoms with van der Waals surface area (Å²) in [5.41, 5.74) is 10.1. The third kappa shape index (κ3) is 7.79. The Kier molecular flexibility index (Phi) is 10.5. The summed E-state index contributed by atoms with van der Waals surface area (Å²) in [5.74, 6) is 0.843. The van der Waals surface area contributed by atoms with Gasteiger partial charge >= 0.3 is 0 Å². The zero-order valence-corrected chi connectivity index (χ0v) is 21.1. The Morgan fingerprint density at radius 2 is 1.54 bits per heavy atom. The summed E-state index contributed by atoms with van der Waals surface area (Å²) in [5, 5.41) is 3.46. The Balaban J connectivity index is 0.000000177. The first-order valence-corrected chi connectivity index (χ1v) is 13.0. The lowest BCUT2D eigenvalue weighted by Gasteiger charge is -2.43. The number of piperidine rings is 1. The molecular weight excluding hydrogens is 434 g/mol. The Bertz CT molecular complexity index is 956. The van der Waals surface area contributed by atoms with Crippen LogP contribution in [0.4, 0.5) is 5.69 Å². The molecule has 35 heavy (non-hydrogen) atoms. The van der Waals surface area contributed by atoms with Crippen LogP contribution in [0.1, 0.15) is 68.1 Å². The molecule has 2 aromatic rings. The van der Waals surface area contributed by atoms with Crippen molar-refractivity contribution >= 4 is 30.5 Å². The Labute approximate surface area is 210 Å². The van der Waals surface area contributed by atoms with E-state index in [0.717, 1.165) is 31.6 Å². The van der Waals surface area contributed by atoms with Gasteiger partial charge in [-0.1, -0.05) is 54.6 Å². The average molecular weight is 476 g/mol. The van der Waals surface area contributed by atoms with E-state index in [1.54, 1.807) is 0 Å². The summed E-state index contributed by atoms with van der Waals surface area (Å²) in [6, 6.07) is 17.1. The Morgan fingerprint density at radius 3 is 2.23 bits per heavy atom. The normalized spacial score (nSPS) is 19.3. The van der Waals surface area contributed by atoms with E-state index in [-0.39, 0.29) is 6.41 Å². The molecule has 5 rings (SSSR count). The van der Waals surface area contributed by atoms with Gasteiger partial charge in [-0.2, -0.15) is 0 Å².